The van der Waals surface area contributed by atoms with Gasteiger partial charge >= 0.3 is 0 Å². The van der Waals surface area contributed by atoms with Gasteiger partial charge in [-0.3, -0.25) is 9.62 Å². The van der Waals surface area contributed by atoms with E-state index >= 15 is 0 Å². The molecule has 1 aromatic heterocycles. The molecule has 0 saturated carbocycles. The lowest BCUT2D eigenvalue weighted by Crippen LogP contribution is -2.46. The van der Waals surface area contributed by atoms with E-state index in [4.69, 9.17) is 0 Å². The molecule has 0 spiro atoms. The summed E-state index contributed by atoms with van der Waals surface area (Å²) in [4.78, 5) is 9.43. The van der Waals surface area contributed by atoms with Crippen LogP contribution in [0.25, 0.3) is 0 Å². The number of rotatable bonds is 6. The average Bonchev–Trinajstić information content (AvgIpc) is 2.78. The van der Waals surface area contributed by atoms with Crippen molar-refractivity contribution in [1.82, 2.24) is 9.88 Å². The molecule has 3 aromatic rings. The van der Waals surface area contributed by atoms with Crippen molar-refractivity contribution < 1.29 is 8.42 Å². The summed E-state index contributed by atoms with van der Waals surface area (Å²) in [6, 6.07) is 18.8. The number of hydrogen-bond donors (Lipinski definition) is 1. The van der Waals surface area contributed by atoms with Crippen molar-refractivity contribution in [3.05, 3.63) is 83.6 Å². The fraction of sp³-hybridized carbons (Fsp3) is 0.292. The molecule has 0 radical (unpaired) electrons. The minimum absolute atomic E-state index is 0.283. The molecule has 2 heterocycles. The third-order valence-corrected chi connectivity index (χ3v) is 7.13. The summed E-state index contributed by atoms with van der Waals surface area (Å²) in [7, 11) is -3.60. The van der Waals surface area contributed by atoms with Crippen LogP contribution < -0.4 is 9.62 Å². The Kier molecular flexibility index (Phi) is 6.25. The molecule has 4 rings (SSSR count). The number of nitrogens with one attached hydrogen (secondary N) is 1. The second kappa shape index (κ2) is 9.08. The normalized spacial score (nSPS) is 15.1. The summed E-state index contributed by atoms with van der Waals surface area (Å²) in [5, 5.41) is 0. The predicted molar refractivity (Wildman–Crippen MR) is 125 cm³/mol. The highest BCUT2D eigenvalue weighted by atomic mass is 32.2. The number of anilines is 2. The number of nitrogens with zero attached hydrogens (tertiary/aromatic N) is 3. The highest BCUT2D eigenvalue weighted by Crippen LogP contribution is 2.20. The van der Waals surface area contributed by atoms with Crippen LogP contribution >= 0.6 is 0 Å². The van der Waals surface area contributed by atoms with Gasteiger partial charge < -0.3 is 4.90 Å². The maximum absolute atomic E-state index is 12.7. The summed E-state index contributed by atoms with van der Waals surface area (Å²) < 4.78 is 28.1. The SMILES string of the molecule is Cc1ccc(S(=O)(=O)Nc2ccc(CN3CCN(c4ccccn4)CC3)cc2)cc1C. The van der Waals surface area contributed by atoms with Crippen LogP contribution in [0.1, 0.15) is 16.7 Å². The maximum atomic E-state index is 12.7. The van der Waals surface area contributed by atoms with Crippen molar-refractivity contribution >= 4 is 21.5 Å². The molecule has 1 N–H and O–H groups in total. The van der Waals surface area contributed by atoms with Gasteiger partial charge in [-0.25, -0.2) is 13.4 Å². The van der Waals surface area contributed by atoms with Gasteiger partial charge in [-0.2, -0.15) is 0 Å². The first-order valence-corrected chi connectivity index (χ1v) is 12.0. The first-order chi connectivity index (χ1) is 14.9. The summed E-state index contributed by atoms with van der Waals surface area (Å²) in [5.41, 5.74) is 3.77. The van der Waals surface area contributed by atoms with E-state index in [0.717, 1.165) is 49.7 Å². The number of aryl methyl sites for hydroxylation is 2. The lowest BCUT2D eigenvalue weighted by Gasteiger charge is -2.35. The average molecular weight is 437 g/mol. The fourth-order valence-electron chi connectivity index (χ4n) is 3.71. The van der Waals surface area contributed by atoms with Crippen molar-refractivity contribution in [2.45, 2.75) is 25.3 Å². The van der Waals surface area contributed by atoms with Crippen LogP contribution in [0.2, 0.25) is 0 Å². The van der Waals surface area contributed by atoms with Gasteiger partial charge in [-0.1, -0.05) is 24.3 Å². The molecule has 1 aliphatic heterocycles. The second-order valence-electron chi connectivity index (χ2n) is 8.00. The standard InChI is InChI=1S/C24H28N4O2S/c1-19-6-11-23(17-20(19)2)31(29,30)26-22-9-7-21(8-10-22)18-27-13-15-28(16-14-27)24-5-3-4-12-25-24/h3-12,17,26H,13-16,18H2,1-2H3. The smallest absolute Gasteiger partial charge is 0.261 e. The van der Waals surface area contributed by atoms with Crippen LogP contribution in [0.5, 0.6) is 0 Å². The molecule has 0 amide bonds. The zero-order chi connectivity index (χ0) is 21.8. The second-order valence-corrected chi connectivity index (χ2v) is 9.68. The van der Waals surface area contributed by atoms with E-state index in [-0.39, 0.29) is 4.90 Å². The van der Waals surface area contributed by atoms with Crippen molar-refractivity contribution in [1.29, 1.82) is 0 Å². The van der Waals surface area contributed by atoms with Crippen LogP contribution in [-0.2, 0) is 16.6 Å². The highest BCUT2D eigenvalue weighted by molar-refractivity contribution is 7.92. The predicted octanol–water partition coefficient (Wildman–Crippen LogP) is 3.82. The van der Waals surface area contributed by atoms with Crippen LogP contribution in [0.4, 0.5) is 11.5 Å². The Morgan fingerprint density at radius 3 is 2.29 bits per heavy atom. The molecule has 1 aliphatic rings. The van der Waals surface area contributed by atoms with E-state index in [1.54, 1.807) is 12.1 Å². The van der Waals surface area contributed by atoms with Crippen LogP contribution in [0, 0.1) is 13.8 Å². The zero-order valence-electron chi connectivity index (χ0n) is 18.0. The van der Waals surface area contributed by atoms with Crippen LogP contribution in [-0.4, -0.2) is 44.5 Å². The van der Waals surface area contributed by atoms with E-state index in [9.17, 15) is 8.42 Å². The number of aromatic nitrogens is 1. The van der Waals surface area contributed by atoms with E-state index < -0.39 is 10.0 Å². The number of piperazine rings is 1. The molecule has 1 fully saturated rings. The van der Waals surface area contributed by atoms with Gasteiger partial charge in [0.25, 0.3) is 10.0 Å². The third-order valence-electron chi connectivity index (χ3n) is 5.75. The lowest BCUT2D eigenvalue weighted by molar-refractivity contribution is 0.249. The molecule has 31 heavy (non-hydrogen) atoms. The van der Waals surface area contributed by atoms with E-state index in [1.165, 1.54) is 5.56 Å². The minimum Gasteiger partial charge on any atom is -0.354 e. The molecule has 162 valence electrons. The number of hydrogen-bond acceptors (Lipinski definition) is 5. The van der Waals surface area contributed by atoms with Gasteiger partial charge in [-0.05, 0) is 66.9 Å². The number of pyridine rings is 1. The Bertz CT molecular complexity index is 1120. The van der Waals surface area contributed by atoms with E-state index in [1.807, 2.05) is 68.6 Å². The van der Waals surface area contributed by atoms with Crippen LogP contribution in [0.15, 0.2) is 71.8 Å². The summed E-state index contributed by atoms with van der Waals surface area (Å²) in [6.45, 7) is 8.57. The largest absolute Gasteiger partial charge is 0.354 e. The van der Waals surface area contributed by atoms with Crippen LogP contribution in [0.3, 0.4) is 0 Å². The van der Waals surface area contributed by atoms with Gasteiger partial charge in [0.05, 0.1) is 4.90 Å². The molecular weight excluding hydrogens is 408 g/mol. The molecule has 6 nitrogen and oxygen atoms in total. The van der Waals surface area contributed by atoms with Gasteiger partial charge in [0.1, 0.15) is 5.82 Å². The van der Waals surface area contributed by atoms with E-state index in [0.29, 0.717) is 5.69 Å². The third kappa shape index (κ3) is 5.24. The van der Waals surface area contributed by atoms with E-state index in [2.05, 4.69) is 19.5 Å². The van der Waals surface area contributed by atoms with Crippen molar-refractivity contribution in [3.63, 3.8) is 0 Å². The van der Waals surface area contributed by atoms with Crippen molar-refractivity contribution in [2.24, 2.45) is 0 Å². The molecule has 0 atom stereocenters. The quantitative estimate of drug-likeness (QED) is 0.636. The molecule has 0 bridgehead atoms. The topological polar surface area (TPSA) is 65.5 Å². The Morgan fingerprint density at radius 2 is 1.65 bits per heavy atom. The van der Waals surface area contributed by atoms with Gasteiger partial charge in [0.2, 0.25) is 0 Å². The van der Waals surface area contributed by atoms with Crippen molar-refractivity contribution in [3.8, 4) is 0 Å². The Hall–Kier alpha value is -2.90. The fourth-order valence-corrected chi connectivity index (χ4v) is 4.85. The summed E-state index contributed by atoms with van der Waals surface area (Å²) >= 11 is 0. The van der Waals surface area contributed by atoms with Gasteiger partial charge in [-0.15, -0.1) is 0 Å². The maximum Gasteiger partial charge on any atom is 0.261 e. The molecular formula is C24H28N4O2S. The lowest BCUT2D eigenvalue weighted by atomic mass is 10.1. The first-order valence-electron chi connectivity index (χ1n) is 10.5. The molecule has 0 unspecified atom stereocenters. The van der Waals surface area contributed by atoms with Crippen molar-refractivity contribution in [2.75, 3.05) is 35.8 Å². The van der Waals surface area contributed by atoms with Gasteiger partial charge in [0, 0.05) is 44.6 Å². The molecule has 7 heteroatoms. The monoisotopic (exact) mass is 436 g/mol. The Labute approximate surface area is 184 Å². The number of benzene rings is 2. The molecule has 0 aliphatic carbocycles. The number of sulfonamides is 1. The zero-order valence-corrected chi connectivity index (χ0v) is 18.8. The summed E-state index contributed by atoms with van der Waals surface area (Å²) in [6.07, 6.45) is 1.83. The summed E-state index contributed by atoms with van der Waals surface area (Å²) in [5.74, 6) is 1.03. The Morgan fingerprint density at radius 1 is 0.903 bits per heavy atom. The Balaban J connectivity index is 1.34. The molecule has 1 saturated heterocycles. The molecule has 2 aromatic carbocycles. The minimum atomic E-state index is -3.60. The first kappa shape index (κ1) is 21.3. The van der Waals surface area contributed by atoms with Gasteiger partial charge in [0.15, 0.2) is 0 Å². The highest BCUT2D eigenvalue weighted by Gasteiger charge is 2.18.